The van der Waals surface area contributed by atoms with Crippen molar-refractivity contribution in [3.05, 3.63) is 82.2 Å². The molecule has 1 heterocycles. The fourth-order valence-electron chi connectivity index (χ4n) is 3.42. The summed E-state index contributed by atoms with van der Waals surface area (Å²) in [6.07, 6.45) is 0. The van der Waals surface area contributed by atoms with Gasteiger partial charge in [0.05, 0.1) is 12.7 Å². The molecule has 32 heavy (non-hydrogen) atoms. The maximum atomic E-state index is 12.7. The summed E-state index contributed by atoms with van der Waals surface area (Å²) in [5.74, 6) is -0.743. The van der Waals surface area contributed by atoms with Crippen LogP contribution in [-0.2, 0) is 16.1 Å². The highest BCUT2D eigenvalue weighted by molar-refractivity contribution is 6.07. The van der Waals surface area contributed by atoms with Crippen LogP contribution in [-0.4, -0.2) is 25.6 Å². The third-order valence-corrected chi connectivity index (χ3v) is 4.84. The first-order valence-electron chi connectivity index (χ1n) is 9.67. The van der Waals surface area contributed by atoms with Crippen molar-refractivity contribution in [3.63, 3.8) is 0 Å². The van der Waals surface area contributed by atoms with Crippen LogP contribution in [0.2, 0.25) is 0 Å². The minimum absolute atomic E-state index is 0.128. The molecule has 0 radical (unpaired) electrons. The fraction of sp³-hybridized carbons (Fsp3) is 0.125. The van der Waals surface area contributed by atoms with E-state index in [9.17, 15) is 14.4 Å². The number of hydrogen-bond acceptors (Lipinski definition) is 7. The van der Waals surface area contributed by atoms with E-state index in [2.05, 4.69) is 0 Å². The third-order valence-electron chi connectivity index (χ3n) is 4.84. The van der Waals surface area contributed by atoms with E-state index in [0.29, 0.717) is 16.5 Å². The number of ether oxygens (including phenoxy) is 3. The molecule has 1 amide bonds. The van der Waals surface area contributed by atoms with E-state index in [1.165, 1.54) is 31.4 Å². The molecule has 0 spiro atoms. The first-order valence-corrected chi connectivity index (χ1v) is 9.67. The molecule has 0 aliphatic carbocycles. The van der Waals surface area contributed by atoms with Gasteiger partial charge in [0, 0.05) is 17.0 Å². The second-order valence-electron chi connectivity index (χ2n) is 6.95. The summed E-state index contributed by atoms with van der Waals surface area (Å²) in [5.41, 5.74) is 5.72. The van der Waals surface area contributed by atoms with E-state index in [-0.39, 0.29) is 30.3 Å². The van der Waals surface area contributed by atoms with Crippen LogP contribution in [0.4, 0.5) is 0 Å². The van der Waals surface area contributed by atoms with Gasteiger partial charge in [-0.3, -0.25) is 4.79 Å². The minimum atomic E-state index is -0.636. The topological polar surface area (TPSA) is 118 Å². The molecular weight excluding hydrogens is 414 g/mol. The maximum Gasteiger partial charge on any atom is 0.338 e. The normalized spacial score (nSPS) is 10.8. The highest BCUT2D eigenvalue weighted by atomic mass is 16.5. The Morgan fingerprint density at radius 3 is 2.59 bits per heavy atom. The molecule has 0 fully saturated rings. The van der Waals surface area contributed by atoms with Gasteiger partial charge in [-0.05, 0) is 35.0 Å². The van der Waals surface area contributed by atoms with Gasteiger partial charge in [0.2, 0.25) is 0 Å². The van der Waals surface area contributed by atoms with Crippen molar-refractivity contribution in [3.8, 4) is 11.5 Å². The van der Waals surface area contributed by atoms with Gasteiger partial charge in [0.25, 0.3) is 5.91 Å². The fourth-order valence-corrected chi connectivity index (χ4v) is 3.42. The van der Waals surface area contributed by atoms with Crippen LogP contribution in [0.5, 0.6) is 11.5 Å². The van der Waals surface area contributed by atoms with Crippen LogP contribution in [0.25, 0.3) is 21.7 Å². The number of hydrogen-bond donors (Lipinski definition) is 1. The number of fused-ring (bicyclic) bond motifs is 3. The lowest BCUT2D eigenvalue weighted by Gasteiger charge is -2.12. The van der Waals surface area contributed by atoms with Crippen LogP contribution in [0.3, 0.4) is 0 Å². The number of nitrogens with two attached hydrogens (primary N) is 1. The van der Waals surface area contributed by atoms with Crippen molar-refractivity contribution in [2.75, 3.05) is 13.7 Å². The third kappa shape index (κ3) is 4.24. The lowest BCUT2D eigenvalue weighted by atomic mass is 10.0. The molecule has 3 aromatic carbocycles. The van der Waals surface area contributed by atoms with Gasteiger partial charge < -0.3 is 24.4 Å². The maximum absolute atomic E-state index is 12.7. The Kier molecular flexibility index (Phi) is 5.76. The largest absolute Gasteiger partial charge is 0.493 e. The predicted octanol–water partition coefficient (Wildman–Crippen LogP) is 3.18. The second-order valence-corrected chi connectivity index (χ2v) is 6.95. The Hall–Kier alpha value is -4.33. The van der Waals surface area contributed by atoms with E-state index >= 15 is 0 Å². The van der Waals surface area contributed by atoms with Crippen molar-refractivity contribution in [2.45, 2.75) is 6.61 Å². The Morgan fingerprint density at radius 2 is 1.81 bits per heavy atom. The van der Waals surface area contributed by atoms with Gasteiger partial charge in [-0.15, -0.1) is 0 Å². The summed E-state index contributed by atoms with van der Waals surface area (Å²) in [4.78, 5) is 35.6. The number of esters is 1. The molecule has 4 rings (SSSR count). The van der Waals surface area contributed by atoms with Crippen molar-refractivity contribution >= 4 is 33.6 Å². The van der Waals surface area contributed by atoms with Crippen LogP contribution >= 0.6 is 0 Å². The van der Waals surface area contributed by atoms with Gasteiger partial charge in [-0.25, -0.2) is 9.59 Å². The summed E-state index contributed by atoms with van der Waals surface area (Å²) in [6, 6.07) is 17.0. The molecule has 1 aromatic heterocycles. The molecule has 162 valence electrons. The molecule has 0 atom stereocenters. The van der Waals surface area contributed by atoms with Crippen LogP contribution in [0.15, 0.2) is 69.9 Å². The zero-order valence-corrected chi connectivity index (χ0v) is 17.1. The molecule has 0 saturated heterocycles. The van der Waals surface area contributed by atoms with Crippen molar-refractivity contribution in [2.24, 2.45) is 5.73 Å². The number of rotatable bonds is 7. The monoisotopic (exact) mass is 433 g/mol. The Labute approximate surface area is 182 Å². The standard InChI is InChI=1S/C24H19NO7/c1-29-20-10-15(7-8-18(20)30-13-21(25)26)24(28)31-12-16-11-22(27)32-19-9-6-14-4-2-3-5-17(14)23(16)19/h2-11H,12-13H2,1H3,(H2,25,26). The van der Waals surface area contributed by atoms with Gasteiger partial charge in [-0.2, -0.15) is 0 Å². The smallest absolute Gasteiger partial charge is 0.338 e. The number of benzene rings is 3. The van der Waals surface area contributed by atoms with E-state index in [1.54, 1.807) is 6.07 Å². The molecule has 4 aromatic rings. The SMILES string of the molecule is COc1cc(C(=O)OCc2cc(=O)oc3ccc4ccccc4c23)ccc1OCC(N)=O. The van der Waals surface area contributed by atoms with E-state index < -0.39 is 17.5 Å². The van der Waals surface area contributed by atoms with Gasteiger partial charge in [-0.1, -0.05) is 30.3 Å². The molecule has 0 bridgehead atoms. The highest BCUT2D eigenvalue weighted by Gasteiger charge is 2.15. The quantitative estimate of drug-likeness (QED) is 0.270. The van der Waals surface area contributed by atoms with Crippen molar-refractivity contribution in [1.82, 2.24) is 0 Å². The predicted molar refractivity (Wildman–Crippen MR) is 117 cm³/mol. The lowest BCUT2D eigenvalue weighted by Crippen LogP contribution is -2.20. The van der Waals surface area contributed by atoms with Gasteiger partial charge >= 0.3 is 11.6 Å². The van der Waals surface area contributed by atoms with Crippen molar-refractivity contribution < 1.29 is 28.2 Å². The Balaban J connectivity index is 1.61. The average Bonchev–Trinajstić information content (AvgIpc) is 2.80. The van der Waals surface area contributed by atoms with E-state index in [0.717, 1.165) is 10.8 Å². The molecule has 8 nitrogen and oxygen atoms in total. The van der Waals surface area contributed by atoms with Gasteiger partial charge in [0.15, 0.2) is 18.1 Å². The number of carbonyl (C=O) groups excluding carboxylic acids is 2. The molecule has 0 unspecified atom stereocenters. The summed E-state index contributed by atoms with van der Waals surface area (Å²) >= 11 is 0. The lowest BCUT2D eigenvalue weighted by molar-refractivity contribution is -0.119. The first-order chi connectivity index (χ1) is 15.5. The second kappa shape index (κ2) is 8.81. The summed E-state index contributed by atoms with van der Waals surface area (Å²) in [5, 5.41) is 2.57. The average molecular weight is 433 g/mol. The number of amides is 1. The minimum Gasteiger partial charge on any atom is -0.493 e. The molecule has 2 N–H and O–H groups in total. The molecule has 0 aliphatic rings. The van der Waals surface area contributed by atoms with Gasteiger partial charge in [0.1, 0.15) is 12.2 Å². The number of methoxy groups -OCH3 is 1. The zero-order valence-electron chi connectivity index (χ0n) is 17.1. The highest BCUT2D eigenvalue weighted by Crippen LogP contribution is 2.30. The van der Waals surface area contributed by atoms with Crippen LogP contribution in [0, 0.1) is 0 Å². The first kappa shape index (κ1) is 20.9. The molecular formula is C24H19NO7. The van der Waals surface area contributed by atoms with E-state index in [4.69, 9.17) is 24.4 Å². The zero-order chi connectivity index (χ0) is 22.7. The van der Waals surface area contributed by atoms with E-state index in [1.807, 2.05) is 30.3 Å². The van der Waals surface area contributed by atoms with Crippen LogP contribution < -0.4 is 20.8 Å². The Morgan fingerprint density at radius 1 is 1.00 bits per heavy atom. The molecule has 0 saturated carbocycles. The summed E-state index contributed by atoms with van der Waals surface area (Å²) < 4.78 is 21.3. The summed E-state index contributed by atoms with van der Waals surface area (Å²) in [7, 11) is 1.40. The molecule has 0 aliphatic heterocycles. The Bertz CT molecular complexity index is 1390. The number of carbonyl (C=O) groups is 2. The van der Waals surface area contributed by atoms with Crippen molar-refractivity contribution in [1.29, 1.82) is 0 Å². The van der Waals surface area contributed by atoms with Crippen LogP contribution in [0.1, 0.15) is 15.9 Å². The summed E-state index contributed by atoms with van der Waals surface area (Å²) in [6.45, 7) is -0.449. The molecule has 8 heteroatoms. The number of primary amides is 1.